The molecule has 2 atom stereocenters. The van der Waals surface area contributed by atoms with Gasteiger partial charge < -0.3 is 14.2 Å². The van der Waals surface area contributed by atoms with Crippen LogP contribution in [0.25, 0.3) is 0 Å². The van der Waals surface area contributed by atoms with E-state index in [9.17, 15) is 0 Å². The van der Waals surface area contributed by atoms with E-state index in [0.29, 0.717) is 0 Å². The maximum absolute atomic E-state index is 5.83. The molecule has 0 spiro atoms. The molecule has 1 aliphatic rings. The number of hydrogen-bond acceptors (Lipinski definition) is 3. The van der Waals surface area contributed by atoms with E-state index in [2.05, 4.69) is 13.8 Å². The Bertz CT molecular complexity index is 373. The average Bonchev–Trinajstić information content (AvgIpc) is 2.27. The fourth-order valence-corrected chi connectivity index (χ4v) is 2.38. The number of hydrogen-bond donors (Lipinski definition) is 0. The van der Waals surface area contributed by atoms with E-state index < -0.39 is 0 Å². The molecule has 0 aromatic heterocycles. The van der Waals surface area contributed by atoms with Crippen LogP contribution in [0.4, 0.5) is 0 Å². The van der Waals surface area contributed by atoms with E-state index in [0.717, 1.165) is 11.3 Å². The number of methoxy groups -OCH3 is 2. The second kappa shape index (κ2) is 4.07. The average molecular weight is 222 g/mol. The fourth-order valence-electron chi connectivity index (χ4n) is 2.38. The highest BCUT2D eigenvalue weighted by Crippen LogP contribution is 2.48. The SMILES string of the molecule is CO[C@@H]1Oc2ccccc2[C@@H](OC)C1(C)C. The number of para-hydroxylation sites is 1. The van der Waals surface area contributed by atoms with Gasteiger partial charge in [-0.3, -0.25) is 0 Å². The van der Waals surface area contributed by atoms with Gasteiger partial charge in [0, 0.05) is 19.8 Å². The van der Waals surface area contributed by atoms with Crippen molar-refractivity contribution >= 4 is 0 Å². The molecule has 1 aromatic carbocycles. The van der Waals surface area contributed by atoms with Gasteiger partial charge in [0.15, 0.2) is 0 Å². The lowest BCUT2D eigenvalue weighted by Crippen LogP contribution is -2.44. The summed E-state index contributed by atoms with van der Waals surface area (Å²) in [5, 5.41) is 0. The summed E-state index contributed by atoms with van der Waals surface area (Å²) >= 11 is 0. The number of ether oxygens (including phenoxy) is 3. The van der Waals surface area contributed by atoms with Gasteiger partial charge in [0.1, 0.15) is 5.75 Å². The number of benzene rings is 1. The Morgan fingerprint density at radius 1 is 1.12 bits per heavy atom. The minimum absolute atomic E-state index is 0.0117. The van der Waals surface area contributed by atoms with Crippen molar-refractivity contribution in [2.75, 3.05) is 14.2 Å². The van der Waals surface area contributed by atoms with Gasteiger partial charge in [-0.2, -0.15) is 0 Å². The summed E-state index contributed by atoms with van der Waals surface area (Å²) in [6, 6.07) is 7.94. The Balaban J connectivity index is 2.48. The molecule has 0 amide bonds. The van der Waals surface area contributed by atoms with E-state index >= 15 is 0 Å². The van der Waals surface area contributed by atoms with Crippen molar-refractivity contribution in [2.24, 2.45) is 5.41 Å². The van der Waals surface area contributed by atoms with E-state index in [1.807, 2.05) is 24.3 Å². The van der Waals surface area contributed by atoms with Gasteiger partial charge in [-0.05, 0) is 6.07 Å². The first-order chi connectivity index (χ1) is 7.61. The fraction of sp³-hybridized carbons (Fsp3) is 0.538. The van der Waals surface area contributed by atoms with Crippen molar-refractivity contribution in [1.82, 2.24) is 0 Å². The lowest BCUT2D eigenvalue weighted by molar-refractivity contribution is -0.187. The zero-order chi connectivity index (χ0) is 11.8. The first-order valence-corrected chi connectivity index (χ1v) is 5.42. The monoisotopic (exact) mass is 222 g/mol. The standard InChI is InChI=1S/C13H18O3/c1-13(2)11(14-3)9-7-5-6-8-10(9)16-12(13)15-4/h5-8,11-12H,1-4H3/t11-,12-/m1/s1. The first-order valence-electron chi connectivity index (χ1n) is 5.42. The van der Waals surface area contributed by atoms with Crippen molar-refractivity contribution in [3.63, 3.8) is 0 Å². The molecule has 1 heterocycles. The van der Waals surface area contributed by atoms with Crippen LogP contribution in [0, 0.1) is 5.41 Å². The highest BCUT2D eigenvalue weighted by atomic mass is 16.7. The van der Waals surface area contributed by atoms with Crippen LogP contribution in [-0.4, -0.2) is 20.5 Å². The van der Waals surface area contributed by atoms with Crippen molar-refractivity contribution < 1.29 is 14.2 Å². The molecule has 88 valence electrons. The molecule has 0 N–H and O–H groups in total. The Hall–Kier alpha value is -1.06. The lowest BCUT2D eigenvalue weighted by atomic mass is 9.79. The van der Waals surface area contributed by atoms with Gasteiger partial charge in [-0.15, -0.1) is 0 Å². The summed E-state index contributed by atoms with van der Waals surface area (Å²) < 4.78 is 16.8. The zero-order valence-corrected chi connectivity index (χ0v) is 10.2. The smallest absolute Gasteiger partial charge is 0.207 e. The van der Waals surface area contributed by atoms with Crippen LogP contribution in [0.5, 0.6) is 5.75 Å². The van der Waals surface area contributed by atoms with Gasteiger partial charge in [0.25, 0.3) is 0 Å². The maximum atomic E-state index is 5.83. The second-order valence-corrected chi connectivity index (χ2v) is 4.66. The summed E-state index contributed by atoms with van der Waals surface area (Å²) in [6.45, 7) is 4.18. The van der Waals surface area contributed by atoms with Crippen LogP contribution in [-0.2, 0) is 9.47 Å². The molecular formula is C13H18O3. The molecule has 0 saturated carbocycles. The molecule has 3 nitrogen and oxygen atoms in total. The molecule has 0 unspecified atom stereocenters. The molecule has 0 bridgehead atoms. The predicted molar refractivity (Wildman–Crippen MR) is 61.4 cm³/mol. The maximum Gasteiger partial charge on any atom is 0.207 e. The van der Waals surface area contributed by atoms with Crippen LogP contribution in [0.1, 0.15) is 25.5 Å². The number of rotatable bonds is 2. The molecule has 0 radical (unpaired) electrons. The third-order valence-corrected chi connectivity index (χ3v) is 3.17. The van der Waals surface area contributed by atoms with Gasteiger partial charge in [0.2, 0.25) is 6.29 Å². The van der Waals surface area contributed by atoms with E-state index in [1.165, 1.54) is 0 Å². The van der Waals surface area contributed by atoms with Crippen LogP contribution in [0.3, 0.4) is 0 Å². The molecule has 16 heavy (non-hydrogen) atoms. The molecule has 0 aliphatic carbocycles. The Morgan fingerprint density at radius 3 is 2.44 bits per heavy atom. The van der Waals surface area contributed by atoms with E-state index in [1.54, 1.807) is 14.2 Å². The summed E-state index contributed by atoms with van der Waals surface area (Å²) in [7, 11) is 3.38. The highest BCUT2D eigenvalue weighted by molar-refractivity contribution is 5.38. The van der Waals surface area contributed by atoms with Gasteiger partial charge in [0.05, 0.1) is 11.5 Å². The summed E-state index contributed by atoms with van der Waals surface area (Å²) in [4.78, 5) is 0. The summed E-state index contributed by atoms with van der Waals surface area (Å²) in [5.74, 6) is 0.848. The van der Waals surface area contributed by atoms with Crippen LogP contribution in [0.2, 0.25) is 0 Å². The lowest BCUT2D eigenvalue weighted by Gasteiger charge is -2.43. The van der Waals surface area contributed by atoms with Gasteiger partial charge in [-0.25, -0.2) is 0 Å². The van der Waals surface area contributed by atoms with Crippen LogP contribution in [0.15, 0.2) is 24.3 Å². The van der Waals surface area contributed by atoms with Crippen molar-refractivity contribution in [3.8, 4) is 5.75 Å². The molecule has 2 rings (SSSR count). The first kappa shape index (κ1) is 11.4. The Labute approximate surface area is 96.3 Å². The van der Waals surface area contributed by atoms with Gasteiger partial charge >= 0.3 is 0 Å². The normalized spacial score (nSPS) is 27.0. The van der Waals surface area contributed by atoms with Gasteiger partial charge in [-0.1, -0.05) is 32.0 Å². The Morgan fingerprint density at radius 2 is 1.81 bits per heavy atom. The summed E-state index contributed by atoms with van der Waals surface area (Å²) in [5.41, 5.74) is 0.876. The molecular weight excluding hydrogens is 204 g/mol. The van der Waals surface area contributed by atoms with E-state index in [-0.39, 0.29) is 17.8 Å². The van der Waals surface area contributed by atoms with Crippen LogP contribution < -0.4 is 4.74 Å². The minimum Gasteiger partial charge on any atom is -0.464 e. The van der Waals surface area contributed by atoms with Crippen LogP contribution >= 0.6 is 0 Å². The largest absolute Gasteiger partial charge is 0.464 e. The minimum atomic E-state index is -0.285. The summed E-state index contributed by atoms with van der Waals surface area (Å²) in [6.07, 6.45) is -0.297. The quantitative estimate of drug-likeness (QED) is 0.770. The van der Waals surface area contributed by atoms with Crippen molar-refractivity contribution in [1.29, 1.82) is 0 Å². The number of fused-ring (bicyclic) bond motifs is 1. The topological polar surface area (TPSA) is 27.7 Å². The highest BCUT2D eigenvalue weighted by Gasteiger charge is 2.45. The molecule has 0 saturated heterocycles. The third kappa shape index (κ3) is 1.60. The second-order valence-electron chi connectivity index (χ2n) is 4.66. The van der Waals surface area contributed by atoms with Crippen molar-refractivity contribution in [2.45, 2.75) is 26.2 Å². The van der Waals surface area contributed by atoms with E-state index in [4.69, 9.17) is 14.2 Å². The zero-order valence-electron chi connectivity index (χ0n) is 10.2. The Kier molecular flexibility index (Phi) is 2.91. The molecule has 1 aliphatic heterocycles. The van der Waals surface area contributed by atoms with Crippen molar-refractivity contribution in [3.05, 3.63) is 29.8 Å². The third-order valence-electron chi connectivity index (χ3n) is 3.17. The molecule has 0 fully saturated rings. The molecule has 3 heteroatoms. The molecule has 1 aromatic rings. The predicted octanol–water partition coefficient (Wildman–Crippen LogP) is 2.77.